The van der Waals surface area contributed by atoms with Crippen molar-refractivity contribution in [2.75, 3.05) is 19.6 Å². The highest BCUT2D eigenvalue weighted by Gasteiger charge is 2.19. The highest BCUT2D eigenvalue weighted by molar-refractivity contribution is 9.10. The molecule has 1 aliphatic heterocycles. The topological polar surface area (TPSA) is 65.2 Å². The summed E-state index contributed by atoms with van der Waals surface area (Å²) in [5.74, 6) is 0.257. The van der Waals surface area contributed by atoms with Gasteiger partial charge in [-0.25, -0.2) is 0 Å². The van der Waals surface area contributed by atoms with E-state index in [4.69, 9.17) is 0 Å². The van der Waals surface area contributed by atoms with Gasteiger partial charge in [0.15, 0.2) is 0 Å². The average Bonchev–Trinajstić information content (AvgIpc) is 3.08. The summed E-state index contributed by atoms with van der Waals surface area (Å²) in [6.45, 7) is 4.19. The predicted molar refractivity (Wildman–Crippen MR) is 97.9 cm³/mol. The summed E-state index contributed by atoms with van der Waals surface area (Å²) in [5, 5.41) is 4.05. The van der Waals surface area contributed by atoms with Crippen LogP contribution in [0.15, 0.2) is 22.7 Å². The number of carbonyl (C=O) groups excluding carboxylic acids is 2. The van der Waals surface area contributed by atoms with Crippen molar-refractivity contribution < 1.29 is 9.59 Å². The Morgan fingerprint density at radius 1 is 1.42 bits per heavy atom. The lowest BCUT2D eigenvalue weighted by molar-refractivity contribution is -0.127. The SMILES string of the molecule is Cc1[nH]c2ccc(Br)cc2c1CC(=O)NCCCN1CCCC1=O. The fraction of sp³-hybridized carbons (Fsp3) is 0.444. The molecule has 0 unspecified atom stereocenters. The van der Waals surface area contributed by atoms with Crippen molar-refractivity contribution in [2.45, 2.75) is 32.6 Å². The maximum absolute atomic E-state index is 12.2. The zero-order chi connectivity index (χ0) is 17.1. The van der Waals surface area contributed by atoms with Crippen LogP contribution in [0.1, 0.15) is 30.5 Å². The molecule has 0 spiro atoms. The Hall–Kier alpha value is -1.82. The van der Waals surface area contributed by atoms with Crippen LogP contribution in [0.3, 0.4) is 0 Å². The van der Waals surface area contributed by atoms with Crippen molar-refractivity contribution in [1.29, 1.82) is 0 Å². The highest BCUT2D eigenvalue weighted by Crippen LogP contribution is 2.25. The number of hydrogen-bond acceptors (Lipinski definition) is 2. The Balaban J connectivity index is 1.52. The van der Waals surface area contributed by atoms with E-state index in [2.05, 4.69) is 26.2 Å². The molecule has 3 rings (SSSR count). The Morgan fingerprint density at radius 2 is 2.25 bits per heavy atom. The molecule has 2 N–H and O–H groups in total. The Morgan fingerprint density at radius 3 is 3.00 bits per heavy atom. The van der Waals surface area contributed by atoms with Gasteiger partial charge in [-0.15, -0.1) is 0 Å². The van der Waals surface area contributed by atoms with Crippen LogP contribution in [0.4, 0.5) is 0 Å². The second-order valence-electron chi connectivity index (χ2n) is 6.28. The Kier molecular flexibility index (Phi) is 5.23. The Bertz CT molecular complexity index is 769. The minimum Gasteiger partial charge on any atom is -0.358 e. The average molecular weight is 392 g/mol. The molecule has 0 bridgehead atoms. The van der Waals surface area contributed by atoms with Crippen LogP contribution in [0.5, 0.6) is 0 Å². The fourth-order valence-electron chi connectivity index (χ4n) is 3.24. The molecule has 1 fully saturated rings. The van der Waals surface area contributed by atoms with Crippen molar-refractivity contribution in [3.63, 3.8) is 0 Å². The van der Waals surface area contributed by atoms with Gasteiger partial charge < -0.3 is 15.2 Å². The van der Waals surface area contributed by atoms with Gasteiger partial charge in [-0.1, -0.05) is 15.9 Å². The molecule has 1 saturated heterocycles. The fourth-order valence-corrected chi connectivity index (χ4v) is 3.60. The normalized spacial score (nSPS) is 14.6. The molecule has 1 aromatic carbocycles. The van der Waals surface area contributed by atoms with Crippen LogP contribution in [-0.2, 0) is 16.0 Å². The first-order valence-electron chi connectivity index (χ1n) is 8.36. The smallest absolute Gasteiger partial charge is 0.224 e. The van der Waals surface area contributed by atoms with Crippen LogP contribution in [0.25, 0.3) is 10.9 Å². The third-order valence-corrected chi connectivity index (χ3v) is 5.01. The number of rotatable bonds is 6. The lowest BCUT2D eigenvalue weighted by Crippen LogP contribution is -2.31. The second-order valence-corrected chi connectivity index (χ2v) is 7.20. The van der Waals surface area contributed by atoms with Gasteiger partial charge in [-0.2, -0.15) is 0 Å². The number of carbonyl (C=O) groups is 2. The number of likely N-dealkylation sites (tertiary alicyclic amines) is 1. The summed E-state index contributed by atoms with van der Waals surface area (Å²) in [4.78, 5) is 29.0. The lowest BCUT2D eigenvalue weighted by atomic mass is 10.1. The number of aryl methyl sites for hydroxylation is 1. The van der Waals surface area contributed by atoms with Gasteiger partial charge in [-0.3, -0.25) is 9.59 Å². The monoisotopic (exact) mass is 391 g/mol. The van der Waals surface area contributed by atoms with E-state index >= 15 is 0 Å². The van der Waals surface area contributed by atoms with Gasteiger partial charge in [0.25, 0.3) is 0 Å². The van der Waals surface area contributed by atoms with Crippen molar-refractivity contribution in [3.05, 3.63) is 33.9 Å². The first-order valence-corrected chi connectivity index (χ1v) is 9.15. The van der Waals surface area contributed by atoms with Crippen molar-refractivity contribution in [2.24, 2.45) is 0 Å². The van der Waals surface area contributed by atoms with E-state index in [1.54, 1.807) is 0 Å². The number of aromatic nitrogens is 1. The van der Waals surface area contributed by atoms with Crippen LogP contribution in [-0.4, -0.2) is 41.3 Å². The summed E-state index contributed by atoms with van der Waals surface area (Å²) >= 11 is 3.48. The van der Waals surface area contributed by atoms with Gasteiger partial charge in [0.2, 0.25) is 11.8 Å². The van der Waals surface area contributed by atoms with Crippen molar-refractivity contribution in [1.82, 2.24) is 15.2 Å². The van der Waals surface area contributed by atoms with Gasteiger partial charge in [-0.05, 0) is 43.5 Å². The highest BCUT2D eigenvalue weighted by atomic mass is 79.9. The van der Waals surface area contributed by atoms with Crippen molar-refractivity contribution in [3.8, 4) is 0 Å². The number of halogens is 1. The van der Waals surface area contributed by atoms with E-state index in [1.807, 2.05) is 30.0 Å². The van der Waals surface area contributed by atoms with E-state index in [-0.39, 0.29) is 11.8 Å². The molecule has 0 radical (unpaired) electrons. The second kappa shape index (κ2) is 7.38. The number of nitrogens with one attached hydrogen (secondary N) is 2. The number of nitrogens with zero attached hydrogens (tertiary/aromatic N) is 1. The molecule has 24 heavy (non-hydrogen) atoms. The molecule has 6 heteroatoms. The molecular formula is C18H22BrN3O2. The van der Waals surface area contributed by atoms with Crippen LogP contribution in [0.2, 0.25) is 0 Å². The van der Waals surface area contributed by atoms with Crippen LogP contribution in [0, 0.1) is 6.92 Å². The third-order valence-electron chi connectivity index (χ3n) is 4.52. The number of hydrogen-bond donors (Lipinski definition) is 2. The standard InChI is InChI=1S/C18H22BrN3O2/c1-12-14(15-10-13(19)5-6-16(15)21-12)11-17(23)20-7-3-9-22-8-2-4-18(22)24/h5-6,10,21H,2-4,7-9,11H2,1H3,(H,20,23). The van der Waals surface area contributed by atoms with Gasteiger partial charge in [0, 0.05) is 47.1 Å². The van der Waals surface area contributed by atoms with Crippen molar-refractivity contribution >= 4 is 38.6 Å². The van der Waals surface area contributed by atoms with E-state index in [0.717, 1.165) is 52.6 Å². The maximum Gasteiger partial charge on any atom is 0.224 e. The Labute approximate surface area is 149 Å². The summed E-state index contributed by atoms with van der Waals surface area (Å²) in [7, 11) is 0. The first kappa shape index (κ1) is 17.0. The summed E-state index contributed by atoms with van der Waals surface area (Å²) in [5.41, 5.74) is 3.12. The number of H-pyrrole nitrogens is 1. The predicted octanol–water partition coefficient (Wildman–Crippen LogP) is 2.91. The number of amides is 2. The quantitative estimate of drug-likeness (QED) is 0.743. The number of benzene rings is 1. The van der Waals surface area contributed by atoms with E-state index in [1.165, 1.54) is 0 Å². The number of fused-ring (bicyclic) bond motifs is 1. The van der Waals surface area contributed by atoms with Crippen LogP contribution < -0.4 is 5.32 Å². The molecular weight excluding hydrogens is 370 g/mol. The maximum atomic E-state index is 12.2. The molecule has 2 amide bonds. The summed E-state index contributed by atoms with van der Waals surface area (Å²) in [6.07, 6.45) is 2.79. The zero-order valence-electron chi connectivity index (χ0n) is 13.8. The minimum absolute atomic E-state index is 0.0201. The molecule has 2 heterocycles. The molecule has 0 saturated carbocycles. The molecule has 1 aliphatic rings. The zero-order valence-corrected chi connectivity index (χ0v) is 15.4. The summed E-state index contributed by atoms with van der Waals surface area (Å²) < 4.78 is 1.01. The number of aromatic amines is 1. The minimum atomic E-state index is 0.0201. The van der Waals surface area contributed by atoms with E-state index < -0.39 is 0 Å². The van der Waals surface area contributed by atoms with Gasteiger partial charge in [0.05, 0.1) is 6.42 Å². The molecule has 2 aromatic rings. The molecule has 5 nitrogen and oxygen atoms in total. The van der Waals surface area contributed by atoms with Gasteiger partial charge >= 0.3 is 0 Å². The third kappa shape index (κ3) is 3.80. The molecule has 1 aromatic heterocycles. The van der Waals surface area contributed by atoms with E-state index in [9.17, 15) is 9.59 Å². The largest absolute Gasteiger partial charge is 0.358 e. The van der Waals surface area contributed by atoms with Crippen LogP contribution >= 0.6 is 15.9 Å². The molecule has 0 aliphatic carbocycles. The molecule has 0 atom stereocenters. The van der Waals surface area contributed by atoms with E-state index in [0.29, 0.717) is 19.4 Å². The first-order chi connectivity index (χ1) is 11.5. The molecule has 128 valence electrons. The summed E-state index contributed by atoms with van der Waals surface area (Å²) in [6, 6.07) is 6.04. The van der Waals surface area contributed by atoms with Gasteiger partial charge in [0.1, 0.15) is 0 Å². The lowest BCUT2D eigenvalue weighted by Gasteiger charge is -2.15.